The zero-order valence-electron chi connectivity index (χ0n) is 12.0. The summed E-state index contributed by atoms with van der Waals surface area (Å²) < 4.78 is 0. The fraction of sp³-hybridized carbons (Fsp3) is 0.867. The predicted molar refractivity (Wildman–Crippen MR) is 74.2 cm³/mol. The van der Waals surface area contributed by atoms with Gasteiger partial charge in [-0.3, -0.25) is 14.5 Å². The molecule has 1 saturated heterocycles. The minimum Gasteiger partial charge on any atom is -0.481 e. The van der Waals surface area contributed by atoms with Crippen molar-refractivity contribution in [1.82, 2.24) is 9.80 Å². The molecule has 2 aliphatic carbocycles. The van der Waals surface area contributed by atoms with Crippen molar-refractivity contribution in [2.24, 2.45) is 17.8 Å². The minimum atomic E-state index is -0.745. The van der Waals surface area contributed by atoms with E-state index in [0.29, 0.717) is 30.2 Å². The molecule has 2 saturated carbocycles. The lowest BCUT2D eigenvalue weighted by Crippen LogP contribution is -2.49. The Balaban J connectivity index is 1.44. The Morgan fingerprint density at radius 3 is 2.15 bits per heavy atom. The number of hydrogen-bond donors (Lipinski definition) is 1. The zero-order chi connectivity index (χ0) is 14.1. The second-order valence-corrected chi connectivity index (χ2v) is 6.45. The first-order valence-corrected chi connectivity index (χ1v) is 7.90. The summed E-state index contributed by atoms with van der Waals surface area (Å²) in [7, 11) is 0. The molecule has 0 bridgehead atoms. The second kappa shape index (κ2) is 5.72. The molecule has 20 heavy (non-hydrogen) atoms. The minimum absolute atomic E-state index is 0.195. The number of carboxylic acids is 1. The van der Waals surface area contributed by atoms with Crippen LogP contribution < -0.4 is 0 Å². The molecule has 0 spiro atoms. The van der Waals surface area contributed by atoms with Crippen LogP contribution in [0.25, 0.3) is 0 Å². The maximum Gasteiger partial charge on any atom is 0.304 e. The molecule has 3 aliphatic rings. The molecule has 0 radical (unpaired) electrons. The smallest absolute Gasteiger partial charge is 0.304 e. The molecule has 112 valence electrons. The van der Waals surface area contributed by atoms with Crippen LogP contribution in [-0.4, -0.2) is 59.5 Å². The standard InChI is InChI=1S/C15H24N2O3/c18-13(19)5-6-16-7-9-17(10-8-16)15(20)14-11-3-1-2-4-12(11)14/h11-12,14H,1-10H2,(H,18,19). The average molecular weight is 280 g/mol. The topological polar surface area (TPSA) is 60.9 Å². The molecule has 1 N–H and O–H groups in total. The maximum absolute atomic E-state index is 12.5. The van der Waals surface area contributed by atoms with Crippen LogP contribution in [-0.2, 0) is 9.59 Å². The van der Waals surface area contributed by atoms with Gasteiger partial charge in [0.1, 0.15) is 0 Å². The van der Waals surface area contributed by atoms with Gasteiger partial charge in [0.05, 0.1) is 6.42 Å². The summed E-state index contributed by atoms with van der Waals surface area (Å²) in [5.41, 5.74) is 0. The summed E-state index contributed by atoms with van der Waals surface area (Å²) in [4.78, 5) is 27.2. The zero-order valence-corrected chi connectivity index (χ0v) is 12.0. The number of nitrogens with zero attached hydrogens (tertiary/aromatic N) is 2. The summed E-state index contributed by atoms with van der Waals surface area (Å²) in [6.07, 6.45) is 5.29. The van der Waals surface area contributed by atoms with E-state index < -0.39 is 5.97 Å². The summed E-state index contributed by atoms with van der Waals surface area (Å²) in [5.74, 6) is 1.32. The highest BCUT2D eigenvalue weighted by Crippen LogP contribution is 2.56. The van der Waals surface area contributed by atoms with Crippen LogP contribution in [0.3, 0.4) is 0 Å². The number of rotatable bonds is 4. The first-order chi connectivity index (χ1) is 9.66. The van der Waals surface area contributed by atoms with Crippen molar-refractivity contribution in [3.05, 3.63) is 0 Å². The SMILES string of the molecule is O=C(O)CCN1CCN(C(=O)C2C3CCCCC32)CC1. The Bertz CT molecular complexity index is 379. The van der Waals surface area contributed by atoms with Gasteiger partial charge in [-0.25, -0.2) is 0 Å². The third-order valence-electron chi connectivity index (χ3n) is 5.27. The number of carbonyl (C=O) groups is 2. The number of aliphatic carboxylic acids is 1. The molecule has 0 aromatic heterocycles. The van der Waals surface area contributed by atoms with Gasteiger partial charge in [0, 0.05) is 38.6 Å². The quantitative estimate of drug-likeness (QED) is 0.836. The van der Waals surface area contributed by atoms with Gasteiger partial charge in [-0.2, -0.15) is 0 Å². The fourth-order valence-electron chi connectivity index (χ4n) is 4.02. The van der Waals surface area contributed by atoms with Crippen molar-refractivity contribution >= 4 is 11.9 Å². The largest absolute Gasteiger partial charge is 0.481 e. The van der Waals surface area contributed by atoms with Crippen LogP contribution in [0.5, 0.6) is 0 Å². The van der Waals surface area contributed by atoms with Crippen molar-refractivity contribution in [1.29, 1.82) is 0 Å². The van der Waals surface area contributed by atoms with E-state index in [1.165, 1.54) is 25.7 Å². The number of piperazine rings is 1. The van der Waals surface area contributed by atoms with Gasteiger partial charge in [0.25, 0.3) is 0 Å². The van der Waals surface area contributed by atoms with Crippen LogP contribution in [0.1, 0.15) is 32.1 Å². The van der Waals surface area contributed by atoms with E-state index in [4.69, 9.17) is 5.11 Å². The van der Waals surface area contributed by atoms with Crippen molar-refractivity contribution < 1.29 is 14.7 Å². The van der Waals surface area contributed by atoms with Crippen molar-refractivity contribution in [2.75, 3.05) is 32.7 Å². The lowest BCUT2D eigenvalue weighted by atomic mass is 10.0. The van der Waals surface area contributed by atoms with Crippen LogP contribution in [0.15, 0.2) is 0 Å². The molecular formula is C15H24N2O3. The fourth-order valence-corrected chi connectivity index (χ4v) is 4.02. The van der Waals surface area contributed by atoms with Gasteiger partial charge in [-0.1, -0.05) is 12.8 Å². The van der Waals surface area contributed by atoms with Crippen molar-refractivity contribution in [3.8, 4) is 0 Å². The number of hydrogen-bond acceptors (Lipinski definition) is 3. The Hall–Kier alpha value is -1.10. The highest BCUT2D eigenvalue weighted by atomic mass is 16.4. The first kappa shape index (κ1) is 13.9. The van der Waals surface area contributed by atoms with E-state index in [0.717, 1.165) is 26.2 Å². The van der Waals surface area contributed by atoms with Gasteiger partial charge in [-0.05, 0) is 24.7 Å². The highest BCUT2D eigenvalue weighted by Gasteiger charge is 2.55. The lowest BCUT2D eigenvalue weighted by Gasteiger charge is -2.34. The number of carboxylic acid groups (broad SMARTS) is 1. The predicted octanol–water partition coefficient (Wildman–Crippen LogP) is 1.04. The number of fused-ring (bicyclic) bond motifs is 1. The first-order valence-electron chi connectivity index (χ1n) is 7.90. The van der Waals surface area contributed by atoms with Gasteiger partial charge in [-0.15, -0.1) is 0 Å². The summed E-state index contributed by atoms with van der Waals surface area (Å²) in [5, 5.41) is 8.69. The van der Waals surface area contributed by atoms with E-state index >= 15 is 0 Å². The molecule has 3 rings (SSSR count). The average Bonchev–Trinajstić information content (AvgIpc) is 3.19. The van der Waals surface area contributed by atoms with Crippen LogP contribution in [0.4, 0.5) is 0 Å². The molecule has 2 atom stereocenters. The van der Waals surface area contributed by atoms with Crippen molar-refractivity contribution in [3.63, 3.8) is 0 Å². The highest BCUT2D eigenvalue weighted by molar-refractivity contribution is 5.82. The van der Waals surface area contributed by atoms with Crippen LogP contribution in [0.2, 0.25) is 0 Å². The molecule has 5 heteroatoms. The van der Waals surface area contributed by atoms with Gasteiger partial charge in [0.2, 0.25) is 5.91 Å². The molecule has 1 amide bonds. The Kier molecular flexibility index (Phi) is 3.96. The summed E-state index contributed by atoms with van der Waals surface area (Å²) >= 11 is 0. The number of amides is 1. The summed E-state index contributed by atoms with van der Waals surface area (Å²) in [6, 6.07) is 0. The molecule has 2 unspecified atom stereocenters. The molecule has 3 fully saturated rings. The van der Waals surface area contributed by atoms with Gasteiger partial charge < -0.3 is 10.0 Å². The van der Waals surface area contributed by atoms with Crippen LogP contribution >= 0.6 is 0 Å². The van der Waals surface area contributed by atoms with Crippen LogP contribution in [0, 0.1) is 17.8 Å². The Morgan fingerprint density at radius 1 is 1.00 bits per heavy atom. The van der Waals surface area contributed by atoms with E-state index in [1.807, 2.05) is 4.90 Å². The normalized spacial score (nSPS) is 33.6. The second-order valence-electron chi connectivity index (χ2n) is 6.45. The maximum atomic E-state index is 12.5. The molecule has 5 nitrogen and oxygen atoms in total. The third kappa shape index (κ3) is 2.82. The Labute approximate surface area is 119 Å². The number of carbonyl (C=O) groups excluding carboxylic acids is 1. The Morgan fingerprint density at radius 2 is 1.60 bits per heavy atom. The van der Waals surface area contributed by atoms with Gasteiger partial charge in [0.15, 0.2) is 0 Å². The molecule has 1 aliphatic heterocycles. The molecular weight excluding hydrogens is 256 g/mol. The molecule has 0 aromatic carbocycles. The summed E-state index contributed by atoms with van der Waals surface area (Å²) in [6.45, 7) is 3.79. The van der Waals surface area contributed by atoms with Crippen molar-refractivity contribution in [2.45, 2.75) is 32.1 Å². The van der Waals surface area contributed by atoms with Gasteiger partial charge >= 0.3 is 5.97 Å². The lowest BCUT2D eigenvalue weighted by molar-refractivity contribution is -0.139. The van der Waals surface area contributed by atoms with E-state index in [9.17, 15) is 9.59 Å². The third-order valence-corrected chi connectivity index (χ3v) is 5.27. The molecule has 1 heterocycles. The van der Waals surface area contributed by atoms with E-state index in [-0.39, 0.29) is 6.42 Å². The van der Waals surface area contributed by atoms with E-state index in [2.05, 4.69) is 4.90 Å². The van der Waals surface area contributed by atoms with E-state index in [1.54, 1.807) is 0 Å². The molecule has 0 aromatic rings. The monoisotopic (exact) mass is 280 g/mol.